The summed E-state index contributed by atoms with van der Waals surface area (Å²) in [5.41, 5.74) is -0.224. The normalized spacial score (nSPS) is 14.9. The van der Waals surface area contributed by atoms with Crippen LogP contribution in [0.1, 0.15) is 19.4 Å². The van der Waals surface area contributed by atoms with E-state index in [2.05, 4.69) is 5.32 Å². The molecule has 2 rings (SSSR count). The van der Waals surface area contributed by atoms with E-state index in [4.69, 9.17) is 19.3 Å². The summed E-state index contributed by atoms with van der Waals surface area (Å²) in [6, 6.07) is 4.19. The first-order valence-corrected chi connectivity index (χ1v) is 7.29. The standard InChI is InChI=1S/C16H21NO6/c1-16(2,15(20)17-11(9-21-3)14(18)19)10-4-5-12-13(8-10)23-7-6-22-12/h4-5,8,11H,6-7,9H2,1-3H3,(H,17,20)(H,18,19). The lowest BCUT2D eigenvalue weighted by atomic mass is 9.83. The fourth-order valence-corrected chi connectivity index (χ4v) is 2.24. The van der Waals surface area contributed by atoms with Crippen molar-refractivity contribution < 1.29 is 28.9 Å². The third-order valence-electron chi connectivity index (χ3n) is 3.77. The van der Waals surface area contributed by atoms with Gasteiger partial charge in [-0.1, -0.05) is 6.07 Å². The van der Waals surface area contributed by atoms with Gasteiger partial charge in [0.2, 0.25) is 5.91 Å². The highest BCUT2D eigenvalue weighted by atomic mass is 16.6. The van der Waals surface area contributed by atoms with Crippen LogP contribution in [-0.4, -0.2) is 50.0 Å². The van der Waals surface area contributed by atoms with E-state index < -0.39 is 23.3 Å². The number of methoxy groups -OCH3 is 1. The Kier molecular flexibility index (Phi) is 5.10. The molecule has 0 aliphatic carbocycles. The van der Waals surface area contributed by atoms with Crippen LogP contribution in [0.4, 0.5) is 0 Å². The first-order valence-electron chi connectivity index (χ1n) is 7.29. The van der Waals surface area contributed by atoms with E-state index >= 15 is 0 Å². The van der Waals surface area contributed by atoms with Crippen LogP contribution in [0, 0.1) is 0 Å². The first-order chi connectivity index (χ1) is 10.9. The molecule has 0 aromatic heterocycles. The molecule has 1 atom stereocenters. The maximum Gasteiger partial charge on any atom is 0.328 e. The molecule has 1 aliphatic rings. The molecule has 0 saturated heterocycles. The second-order valence-electron chi connectivity index (χ2n) is 5.80. The molecule has 1 amide bonds. The van der Waals surface area contributed by atoms with Gasteiger partial charge in [-0.3, -0.25) is 4.79 Å². The zero-order chi connectivity index (χ0) is 17.0. The summed E-state index contributed by atoms with van der Waals surface area (Å²) in [5, 5.41) is 11.6. The molecule has 7 heteroatoms. The monoisotopic (exact) mass is 323 g/mol. The van der Waals surface area contributed by atoms with Gasteiger partial charge in [-0.15, -0.1) is 0 Å². The van der Waals surface area contributed by atoms with Gasteiger partial charge >= 0.3 is 5.97 Å². The van der Waals surface area contributed by atoms with E-state index in [0.29, 0.717) is 30.3 Å². The molecule has 1 aromatic rings. The molecule has 0 fully saturated rings. The van der Waals surface area contributed by atoms with Crippen LogP contribution in [0.2, 0.25) is 0 Å². The Morgan fingerprint density at radius 2 is 1.96 bits per heavy atom. The molecule has 0 spiro atoms. The molecule has 0 bridgehead atoms. The highest BCUT2D eigenvalue weighted by Crippen LogP contribution is 2.35. The topological polar surface area (TPSA) is 94.1 Å². The number of hydrogen-bond acceptors (Lipinski definition) is 5. The van der Waals surface area contributed by atoms with Gasteiger partial charge in [0.1, 0.15) is 13.2 Å². The van der Waals surface area contributed by atoms with Crippen molar-refractivity contribution in [2.45, 2.75) is 25.3 Å². The number of carboxylic acid groups (broad SMARTS) is 1. The summed E-state index contributed by atoms with van der Waals surface area (Å²) in [5.74, 6) is -0.322. The summed E-state index contributed by atoms with van der Waals surface area (Å²) >= 11 is 0. The summed E-state index contributed by atoms with van der Waals surface area (Å²) in [7, 11) is 1.38. The first kappa shape index (κ1) is 17.1. The van der Waals surface area contributed by atoms with Crippen molar-refractivity contribution >= 4 is 11.9 Å². The van der Waals surface area contributed by atoms with Gasteiger partial charge in [0.15, 0.2) is 17.5 Å². The smallest absolute Gasteiger partial charge is 0.328 e. The van der Waals surface area contributed by atoms with Crippen LogP contribution >= 0.6 is 0 Å². The number of carboxylic acids is 1. The van der Waals surface area contributed by atoms with Crippen molar-refractivity contribution in [3.8, 4) is 11.5 Å². The summed E-state index contributed by atoms with van der Waals surface area (Å²) in [6.07, 6.45) is 0. The van der Waals surface area contributed by atoms with Crippen molar-refractivity contribution in [3.63, 3.8) is 0 Å². The number of benzene rings is 1. The maximum atomic E-state index is 12.5. The predicted octanol–water partition coefficient (Wildman–Crippen LogP) is 0.951. The quantitative estimate of drug-likeness (QED) is 0.809. The molecule has 126 valence electrons. The number of ether oxygens (including phenoxy) is 3. The van der Waals surface area contributed by atoms with Crippen molar-refractivity contribution in [1.82, 2.24) is 5.32 Å². The molecule has 0 radical (unpaired) electrons. The maximum absolute atomic E-state index is 12.5. The van der Waals surface area contributed by atoms with Gasteiger partial charge < -0.3 is 24.6 Å². The van der Waals surface area contributed by atoms with E-state index in [-0.39, 0.29) is 6.61 Å². The Labute approximate surface area is 134 Å². The summed E-state index contributed by atoms with van der Waals surface area (Å²) in [4.78, 5) is 23.7. The Balaban J connectivity index is 2.19. The molecule has 23 heavy (non-hydrogen) atoms. The molecule has 1 heterocycles. The minimum atomic E-state index is -1.14. The average molecular weight is 323 g/mol. The van der Waals surface area contributed by atoms with Crippen molar-refractivity contribution in [3.05, 3.63) is 23.8 Å². The average Bonchev–Trinajstić information content (AvgIpc) is 2.53. The highest BCUT2D eigenvalue weighted by Gasteiger charge is 2.34. The fourth-order valence-electron chi connectivity index (χ4n) is 2.24. The Bertz CT molecular complexity index is 598. The molecule has 1 unspecified atom stereocenters. The zero-order valence-corrected chi connectivity index (χ0v) is 13.4. The van der Waals surface area contributed by atoms with Crippen LogP contribution in [-0.2, 0) is 19.7 Å². The minimum Gasteiger partial charge on any atom is -0.486 e. The highest BCUT2D eigenvalue weighted by molar-refractivity contribution is 5.91. The second kappa shape index (κ2) is 6.87. The molecule has 1 aliphatic heterocycles. The molecule has 1 aromatic carbocycles. The number of carbonyl (C=O) groups is 2. The summed E-state index contributed by atoms with van der Waals surface area (Å²) < 4.78 is 15.8. The van der Waals surface area contributed by atoms with Crippen LogP contribution in [0.5, 0.6) is 11.5 Å². The Morgan fingerprint density at radius 3 is 2.57 bits per heavy atom. The number of rotatable bonds is 6. The van der Waals surface area contributed by atoms with Crippen molar-refractivity contribution in [2.24, 2.45) is 0 Å². The number of aliphatic carboxylic acids is 1. The fraction of sp³-hybridized carbons (Fsp3) is 0.500. The van der Waals surface area contributed by atoms with Gasteiger partial charge in [0, 0.05) is 7.11 Å². The molecule has 0 saturated carbocycles. The van der Waals surface area contributed by atoms with E-state index in [1.54, 1.807) is 32.0 Å². The predicted molar refractivity (Wildman–Crippen MR) is 81.9 cm³/mol. The van der Waals surface area contributed by atoms with E-state index in [1.807, 2.05) is 0 Å². The molecule has 2 N–H and O–H groups in total. The van der Waals surface area contributed by atoms with Gasteiger partial charge in [-0.2, -0.15) is 0 Å². The van der Waals surface area contributed by atoms with Crippen LogP contribution in [0.3, 0.4) is 0 Å². The second-order valence-corrected chi connectivity index (χ2v) is 5.80. The number of hydrogen-bond donors (Lipinski definition) is 2. The SMILES string of the molecule is COCC(NC(=O)C(C)(C)c1ccc2c(c1)OCCO2)C(=O)O. The minimum absolute atomic E-state index is 0.0989. The van der Waals surface area contributed by atoms with Crippen LogP contribution in [0.15, 0.2) is 18.2 Å². The Hall–Kier alpha value is -2.28. The van der Waals surface area contributed by atoms with Gasteiger partial charge in [0.25, 0.3) is 0 Å². The largest absolute Gasteiger partial charge is 0.486 e. The molecule has 7 nitrogen and oxygen atoms in total. The lowest BCUT2D eigenvalue weighted by Crippen LogP contribution is -2.50. The number of nitrogens with one attached hydrogen (secondary N) is 1. The third-order valence-corrected chi connectivity index (χ3v) is 3.77. The van der Waals surface area contributed by atoms with Crippen LogP contribution in [0.25, 0.3) is 0 Å². The third kappa shape index (κ3) is 3.73. The van der Waals surface area contributed by atoms with Gasteiger partial charge in [-0.25, -0.2) is 4.79 Å². The van der Waals surface area contributed by atoms with Crippen molar-refractivity contribution in [1.29, 1.82) is 0 Å². The number of fused-ring (bicyclic) bond motifs is 1. The van der Waals surface area contributed by atoms with Gasteiger partial charge in [0.05, 0.1) is 12.0 Å². The number of amides is 1. The summed E-state index contributed by atoms with van der Waals surface area (Å²) in [6.45, 7) is 4.29. The van der Waals surface area contributed by atoms with E-state index in [9.17, 15) is 9.59 Å². The lowest BCUT2D eigenvalue weighted by Gasteiger charge is -2.28. The van der Waals surface area contributed by atoms with E-state index in [0.717, 1.165) is 0 Å². The molecular weight excluding hydrogens is 302 g/mol. The Morgan fingerprint density at radius 1 is 1.30 bits per heavy atom. The van der Waals surface area contributed by atoms with E-state index in [1.165, 1.54) is 7.11 Å². The van der Waals surface area contributed by atoms with Crippen LogP contribution < -0.4 is 14.8 Å². The zero-order valence-electron chi connectivity index (χ0n) is 13.4. The molecular formula is C16H21NO6. The van der Waals surface area contributed by atoms with Crippen molar-refractivity contribution in [2.75, 3.05) is 26.9 Å². The lowest BCUT2D eigenvalue weighted by molar-refractivity contribution is -0.144. The van der Waals surface area contributed by atoms with Gasteiger partial charge in [-0.05, 0) is 31.5 Å². The number of carbonyl (C=O) groups excluding carboxylic acids is 1.